The standard InChI is InChI=1S/C16H15FIN3O/c1-10-4-3-5-11(2)15(10)20-16(22)21-19-9-12-6-7-13(17)8-14(12)18/h3-9H,1-2H3,(H2,20,21,22)/b19-9+. The SMILES string of the molecule is Cc1cccc(C)c1NC(=O)N/N=C/c1ccc(F)cc1I. The van der Waals surface area contributed by atoms with E-state index in [9.17, 15) is 9.18 Å². The Balaban J connectivity index is 1.99. The van der Waals surface area contributed by atoms with Crippen molar-refractivity contribution in [3.63, 3.8) is 0 Å². The maximum atomic E-state index is 13.0. The monoisotopic (exact) mass is 411 g/mol. The van der Waals surface area contributed by atoms with Crippen molar-refractivity contribution in [2.75, 3.05) is 5.32 Å². The zero-order chi connectivity index (χ0) is 16.1. The lowest BCUT2D eigenvalue weighted by molar-refractivity contribution is 0.252. The van der Waals surface area contributed by atoms with E-state index in [1.807, 2.05) is 54.6 Å². The molecule has 0 aliphatic heterocycles. The van der Waals surface area contributed by atoms with E-state index in [-0.39, 0.29) is 5.82 Å². The van der Waals surface area contributed by atoms with Gasteiger partial charge in [-0.05, 0) is 65.8 Å². The molecule has 0 aliphatic carbocycles. The first kappa shape index (κ1) is 16.4. The van der Waals surface area contributed by atoms with E-state index >= 15 is 0 Å². The molecule has 0 spiro atoms. The highest BCUT2D eigenvalue weighted by Gasteiger charge is 2.06. The average molecular weight is 411 g/mol. The van der Waals surface area contributed by atoms with Gasteiger partial charge < -0.3 is 5.32 Å². The molecule has 0 saturated carbocycles. The third kappa shape index (κ3) is 4.27. The molecule has 0 aromatic heterocycles. The molecule has 2 aromatic rings. The number of carbonyl (C=O) groups excluding carboxylic acids is 1. The molecule has 0 atom stereocenters. The predicted octanol–water partition coefficient (Wildman–Crippen LogP) is 4.20. The number of carbonyl (C=O) groups is 1. The molecule has 2 rings (SSSR count). The molecule has 0 bridgehead atoms. The smallest absolute Gasteiger partial charge is 0.306 e. The molecule has 114 valence electrons. The maximum absolute atomic E-state index is 13.0. The first-order valence-corrected chi connectivity index (χ1v) is 7.66. The van der Waals surface area contributed by atoms with Gasteiger partial charge in [0.2, 0.25) is 0 Å². The molecular weight excluding hydrogens is 396 g/mol. The first-order chi connectivity index (χ1) is 10.5. The normalized spacial score (nSPS) is 10.7. The molecular formula is C16H15FIN3O. The third-order valence-electron chi connectivity index (χ3n) is 3.05. The zero-order valence-electron chi connectivity index (χ0n) is 12.2. The molecule has 4 nitrogen and oxygen atoms in total. The van der Waals surface area contributed by atoms with Crippen molar-refractivity contribution >= 4 is 40.5 Å². The van der Waals surface area contributed by atoms with Gasteiger partial charge in [-0.25, -0.2) is 14.6 Å². The van der Waals surface area contributed by atoms with Crippen LogP contribution in [0.15, 0.2) is 41.5 Å². The maximum Gasteiger partial charge on any atom is 0.339 e. The molecule has 0 aliphatic rings. The Morgan fingerprint density at radius 1 is 1.23 bits per heavy atom. The Morgan fingerprint density at radius 3 is 2.55 bits per heavy atom. The molecule has 2 aromatic carbocycles. The second kappa shape index (κ2) is 7.35. The summed E-state index contributed by atoms with van der Waals surface area (Å²) < 4.78 is 13.7. The predicted molar refractivity (Wildman–Crippen MR) is 94.8 cm³/mol. The molecule has 0 heterocycles. The Morgan fingerprint density at radius 2 is 1.91 bits per heavy atom. The van der Waals surface area contributed by atoms with Crippen LogP contribution in [0.5, 0.6) is 0 Å². The van der Waals surface area contributed by atoms with Crippen LogP contribution < -0.4 is 10.7 Å². The number of hydrazone groups is 1. The van der Waals surface area contributed by atoms with Crippen LogP contribution in [0.3, 0.4) is 0 Å². The fraction of sp³-hybridized carbons (Fsp3) is 0.125. The van der Waals surface area contributed by atoms with E-state index in [1.165, 1.54) is 18.3 Å². The van der Waals surface area contributed by atoms with Crippen LogP contribution in [0.2, 0.25) is 0 Å². The van der Waals surface area contributed by atoms with Crippen LogP contribution >= 0.6 is 22.6 Å². The van der Waals surface area contributed by atoms with E-state index in [1.54, 1.807) is 6.07 Å². The van der Waals surface area contributed by atoms with E-state index < -0.39 is 6.03 Å². The van der Waals surface area contributed by atoms with Crippen LogP contribution in [-0.2, 0) is 0 Å². The summed E-state index contributed by atoms with van der Waals surface area (Å²) in [4.78, 5) is 11.8. The lowest BCUT2D eigenvalue weighted by atomic mass is 10.1. The summed E-state index contributed by atoms with van der Waals surface area (Å²) in [5, 5.41) is 6.64. The molecule has 0 saturated heterocycles. The van der Waals surface area contributed by atoms with Crippen molar-refractivity contribution in [3.05, 3.63) is 62.5 Å². The van der Waals surface area contributed by atoms with Crippen molar-refractivity contribution in [1.82, 2.24) is 5.43 Å². The van der Waals surface area contributed by atoms with Crippen LogP contribution in [0.1, 0.15) is 16.7 Å². The molecule has 0 radical (unpaired) electrons. The average Bonchev–Trinajstić information content (AvgIpc) is 2.45. The second-order valence-corrected chi connectivity index (χ2v) is 5.92. The zero-order valence-corrected chi connectivity index (χ0v) is 14.3. The number of rotatable bonds is 3. The van der Waals surface area contributed by atoms with Gasteiger partial charge >= 0.3 is 6.03 Å². The Kier molecular flexibility index (Phi) is 5.48. The summed E-state index contributed by atoms with van der Waals surface area (Å²) in [6.45, 7) is 3.85. The molecule has 2 N–H and O–H groups in total. The number of aryl methyl sites for hydroxylation is 2. The first-order valence-electron chi connectivity index (χ1n) is 6.58. The van der Waals surface area contributed by atoms with Crippen LogP contribution in [0.4, 0.5) is 14.9 Å². The minimum absolute atomic E-state index is 0.303. The topological polar surface area (TPSA) is 53.5 Å². The summed E-state index contributed by atoms with van der Waals surface area (Å²) in [5.41, 5.74) is 5.86. The fourth-order valence-electron chi connectivity index (χ4n) is 1.92. The Bertz CT molecular complexity index is 711. The molecule has 0 fully saturated rings. The highest BCUT2D eigenvalue weighted by atomic mass is 127. The number of benzene rings is 2. The summed E-state index contributed by atoms with van der Waals surface area (Å²) in [6, 6.07) is 9.71. The second-order valence-electron chi connectivity index (χ2n) is 4.76. The van der Waals surface area contributed by atoms with Gasteiger partial charge in [0.1, 0.15) is 5.82 Å². The highest BCUT2D eigenvalue weighted by Crippen LogP contribution is 2.19. The van der Waals surface area contributed by atoms with Crippen LogP contribution in [0, 0.1) is 23.2 Å². The number of anilines is 1. The molecule has 6 heteroatoms. The van der Waals surface area contributed by atoms with E-state index in [0.29, 0.717) is 0 Å². The number of hydrogen-bond donors (Lipinski definition) is 2. The lowest BCUT2D eigenvalue weighted by Crippen LogP contribution is -2.25. The fourth-order valence-corrected chi connectivity index (χ4v) is 2.54. The van der Waals surface area contributed by atoms with Gasteiger partial charge in [-0.1, -0.05) is 18.2 Å². The lowest BCUT2D eigenvalue weighted by Gasteiger charge is -2.10. The van der Waals surface area contributed by atoms with Crippen LogP contribution in [-0.4, -0.2) is 12.2 Å². The number of nitrogens with one attached hydrogen (secondary N) is 2. The van der Waals surface area contributed by atoms with Crippen molar-refractivity contribution in [2.24, 2.45) is 5.10 Å². The van der Waals surface area contributed by atoms with Crippen molar-refractivity contribution in [1.29, 1.82) is 0 Å². The molecule has 0 unspecified atom stereocenters. The summed E-state index contributed by atoms with van der Waals surface area (Å²) in [7, 11) is 0. The van der Waals surface area contributed by atoms with Gasteiger partial charge in [-0.2, -0.15) is 5.10 Å². The summed E-state index contributed by atoms with van der Waals surface area (Å²) >= 11 is 2.01. The van der Waals surface area contributed by atoms with E-state index in [0.717, 1.165) is 25.9 Å². The number of hydrogen-bond acceptors (Lipinski definition) is 2. The number of amides is 2. The van der Waals surface area contributed by atoms with E-state index in [2.05, 4.69) is 15.8 Å². The Hall–Kier alpha value is -1.96. The molecule has 2 amide bonds. The van der Waals surface area contributed by atoms with Crippen molar-refractivity contribution in [3.8, 4) is 0 Å². The van der Waals surface area contributed by atoms with Crippen LogP contribution in [0.25, 0.3) is 0 Å². The van der Waals surface area contributed by atoms with Gasteiger partial charge in [0.05, 0.1) is 6.21 Å². The van der Waals surface area contributed by atoms with Crippen molar-refractivity contribution in [2.45, 2.75) is 13.8 Å². The minimum Gasteiger partial charge on any atom is -0.306 e. The third-order valence-corrected chi connectivity index (χ3v) is 3.99. The van der Waals surface area contributed by atoms with Gasteiger partial charge in [0, 0.05) is 14.8 Å². The quantitative estimate of drug-likeness (QED) is 0.444. The number of urea groups is 1. The number of para-hydroxylation sites is 1. The minimum atomic E-state index is -0.425. The van der Waals surface area contributed by atoms with Gasteiger partial charge in [0.15, 0.2) is 0 Å². The summed E-state index contributed by atoms with van der Waals surface area (Å²) in [5.74, 6) is -0.303. The number of halogens is 2. The van der Waals surface area contributed by atoms with Gasteiger partial charge in [-0.3, -0.25) is 0 Å². The van der Waals surface area contributed by atoms with Gasteiger partial charge in [0.25, 0.3) is 0 Å². The highest BCUT2D eigenvalue weighted by molar-refractivity contribution is 14.1. The number of nitrogens with zero attached hydrogens (tertiary/aromatic N) is 1. The molecule has 22 heavy (non-hydrogen) atoms. The summed E-state index contributed by atoms with van der Waals surface area (Å²) in [6.07, 6.45) is 1.48. The van der Waals surface area contributed by atoms with Crippen molar-refractivity contribution < 1.29 is 9.18 Å². The Labute approximate surface area is 142 Å². The van der Waals surface area contributed by atoms with Gasteiger partial charge in [-0.15, -0.1) is 0 Å². The van der Waals surface area contributed by atoms with E-state index in [4.69, 9.17) is 0 Å². The largest absolute Gasteiger partial charge is 0.339 e.